The maximum absolute atomic E-state index is 13.4. The van der Waals surface area contributed by atoms with Crippen LogP contribution < -0.4 is 11.1 Å². The first-order chi connectivity index (χ1) is 8.99. The molecule has 1 aliphatic carbocycles. The normalized spacial score (nSPS) is 23.1. The number of nitro groups is 1. The summed E-state index contributed by atoms with van der Waals surface area (Å²) in [5, 5.41) is 13.7. The molecule has 0 aliphatic heterocycles. The third kappa shape index (κ3) is 3.13. The third-order valence-corrected chi connectivity index (χ3v) is 3.69. The average Bonchev–Trinajstić information content (AvgIpc) is 2.36. The second-order valence-electron chi connectivity index (χ2n) is 4.74. The van der Waals surface area contributed by atoms with Gasteiger partial charge in [0.1, 0.15) is 11.5 Å². The zero-order valence-electron chi connectivity index (χ0n) is 10.2. The Morgan fingerprint density at radius 2 is 2.11 bits per heavy atom. The largest absolute Gasteiger partial charge is 0.375 e. The Hall–Kier alpha value is -1.40. The molecule has 2 atom stereocenters. The van der Waals surface area contributed by atoms with E-state index in [2.05, 4.69) is 5.32 Å². The molecule has 104 valence electrons. The fourth-order valence-electron chi connectivity index (χ4n) is 2.34. The van der Waals surface area contributed by atoms with Crippen LogP contribution in [0, 0.1) is 15.9 Å². The molecule has 1 aromatic carbocycles. The van der Waals surface area contributed by atoms with E-state index in [1.165, 1.54) is 0 Å². The number of nitrogens with zero attached hydrogens (tertiary/aromatic N) is 1. The van der Waals surface area contributed by atoms with Crippen LogP contribution in [-0.4, -0.2) is 17.0 Å². The molecule has 0 saturated heterocycles. The summed E-state index contributed by atoms with van der Waals surface area (Å²) in [6, 6.07) is 1.93. The number of anilines is 1. The first-order valence-electron chi connectivity index (χ1n) is 6.14. The van der Waals surface area contributed by atoms with Crippen molar-refractivity contribution in [3.05, 3.63) is 33.1 Å². The number of nitro benzene ring substituents is 1. The lowest BCUT2D eigenvalue weighted by Gasteiger charge is -2.30. The van der Waals surface area contributed by atoms with E-state index in [0.29, 0.717) is 0 Å². The standard InChI is InChI=1S/C12H15ClFN3O2/c13-7-5-12(17(18)19)11(6-8(7)14)16-10-4-2-1-3-9(10)15/h5-6,9-10,16H,1-4,15H2/t9-,10-/m1/s1. The SMILES string of the molecule is N[C@@H]1CCCC[C@H]1Nc1cc(F)c(Cl)cc1[N+](=O)[O-]. The van der Waals surface area contributed by atoms with Crippen molar-refractivity contribution in [1.82, 2.24) is 0 Å². The van der Waals surface area contributed by atoms with Gasteiger partial charge in [0.15, 0.2) is 0 Å². The van der Waals surface area contributed by atoms with Crippen LogP contribution >= 0.6 is 11.6 Å². The lowest BCUT2D eigenvalue weighted by Crippen LogP contribution is -2.42. The molecule has 1 fully saturated rings. The van der Waals surface area contributed by atoms with Crippen molar-refractivity contribution in [3.8, 4) is 0 Å². The molecule has 2 rings (SSSR count). The van der Waals surface area contributed by atoms with Gasteiger partial charge < -0.3 is 11.1 Å². The van der Waals surface area contributed by atoms with Crippen LogP contribution in [0.4, 0.5) is 15.8 Å². The van der Waals surface area contributed by atoms with Gasteiger partial charge in [-0.15, -0.1) is 0 Å². The van der Waals surface area contributed by atoms with Crippen LogP contribution in [0.15, 0.2) is 12.1 Å². The van der Waals surface area contributed by atoms with Gasteiger partial charge >= 0.3 is 0 Å². The van der Waals surface area contributed by atoms with Crippen LogP contribution in [0.1, 0.15) is 25.7 Å². The Kier molecular flexibility index (Phi) is 4.21. The first kappa shape index (κ1) is 14.0. The number of hydrogen-bond donors (Lipinski definition) is 2. The van der Waals surface area contributed by atoms with Crippen molar-refractivity contribution in [2.45, 2.75) is 37.8 Å². The van der Waals surface area contributed by atoms with E-state index in [0.717, 1.165) is 37.8 Å². The lowest BCUT2D eigenvalue weighted by atomic mass is 9.91. The van der Waals surface area contributed by atoms with E-state index in [1.807, 2.05) is 0 Å². The third-order valence-electron chi connectivity index (χ3n) is 3.40. The molecule has 1 saturated carbocycles. The Bertz CT molecular complexity index is 498. The van der Waals surface area contributed by atoms with Gasteiger partial charge in [-0.2, -0.15) is 0 Å². The van der Waals surface area contributed by atoms with Crippen molar-refractivity contribution in [2.24, 2.45) is 5.73 Å². The predicted molar refractivity (Wildman–Crippen MR) is 71.9 cm³/mol. The zero-order chi connectivity index (χ0) is 14.0. The fraction of sp³-hybridized carbons (Fsp3) is 0.500. The van der Waals surface area contributed by atoms with Crippen molar-refractivity contribution in [2.75, 3.05) is 5.32 Å². The second kappa shape index (κ2) is 5.71. The highest BCUT2D eigenvalue weighted by Crippen LogP contribution is 2.32. The predicted octanol–water partition coefficient (Wildman–Crippen LogP) is 3.07. The molecule has 0 radical (unpaired) electrons. The Labute approximate surface area is 115 Å². The van der Waals surface area contributed by atoms with Crippen molar-refractivity contribution in [1.29, 1.82) is 0 Å². The van der Waals surface area contributed by atoms with Gasteiger partial charge in [-0.1, -0.05) is 24.4 Å². The molecule has 0 spiro atoms. The number of rotatable bonds is 3. The Morgan fingerprint density at radius 1 is 1.42 bits per heavy atom. The smallest absolute Gasteiger partial charge is 0.294 e. The average molecular weight is 288 g/mol. The van der Waals surface area contributed by atoms with Crippen LogP contribution in [0.25, 0.3) is 0 Å². The van der Waals surface area contributed by atoms with Crippen LogP contribution in [0.2, 0.25) is 5.02 Å². The summed E-state index contributed by atoms with van der Waals surface area (Å²) in [6.07, 6.45) is 3.75. The summed E-state index contributed by atoms with van der Waals surface area (Å²) in [5.74, 6) is -0.681. The number of hydrogen-bond acceptors (Lipinski definition) is 4. The highest BCUT2D eigenvalue weighted by atomic mass is 35.5. The highest BCUT2D eigenvalue weighted by Gasteiger charge is 2.25. The summed E-state index contributed by atoms with van der Waals surface area (Å²) in [7, 11) is 0. The van der Waals surface area contributed by atoms with E-state index in [4.69, 9.17) is 17.3 Å². The van der Waals surface area contributed by atoms with Gasteiger partial charge in [-0.25, -0.2) is 4.39 Å². The molecule has 5 nitrogen and oxygen atoms in total. The van der Waals surface area contributed by atoms with Gasteiger partial charge in [-0.3, -0.25) is 10.1 Å². The molecule has 0 bridgehead atoms. The molecule has 1 aromatic rings. The van der Waals surface area contributed by atoms with Gasteiger partial charge in [0.2, 0.25) is 0 Å². The molecule has 1 aliphatic rings. The van der Waals surface area contributed by atoms with Crippen LogP contribution in [0.3, 0.4) is 0 Å². The van der Waals surface area contributed by atoms with Gasteiger partial charge in [-0.05, 0) is 12.8 Å². The number of nitrogens with two attached hydrogens (primary N) is 1. The number of nitrogens with one attached hydrogen (secondary N) is 1. The molecule has 0 aromatic heterocycles. The molecular weight excluding hydrogens is 273 g/mol. The topological polar surface area (TPSA) is 81.2 Å². The van der Waals surface area contributed by atoms with E-state index < -0.39 is 10.7 Å². The van der Waals surface area contributed by atoms with Crippen LogP contribution in [0.5, 0.6) is 0 Å². The summed E-state index contributed by atoms with van der Waals surface area (Å²) in [4.78, 5) is 10.4. The molecule has 3 N–H and O–H groups in total. The quantitative estimate of drug-likeness (QED) is 0.661. The van der Waals surface area contributed by atoms with Crippen molar-refractivity contribution >= 4 is 23.0 Å². The number of benzene rings is 1. The fourth-order valence-corrected chi connectivity index (χ4v) is 2.50. The van der Waals surface area contributed by atoms with Crippen molar-refractivity contribution in [3.63, 3.8) is 0 Å². The van der Waals surface area contributed by atoms with E-state index in [-0.39, 0.29) is 28.5 Å². The minimum Gasteiger partial charge on any atom is -0.375 e. The zero-order valence-corrected chi connectivity index (χ0v) is 11.0. The maximum Gasteiger partial charge on any atom is 0.294 e. The summed E-state index contributed by atoms with van der Waals surface area (Å²) in [5.41, 5.74) is 5.87. The molecular formula is C12H15ClFN3O2. The maximum atomic E-state index is 13.4. The highest BCUT2D eigenvalue weighted by molar-refractivity contribution is 6.31. The first-order valence-corrected chi connectivity index (χ1v) is 6.52. The van der Waals surface area contributed by atoms with Gasteiger partial charge in [0.05, 0.1) is 9.95 Å². The minimum absolute atomic E-state index is 0.0759. The molecule has 7 heteroatoms. The molecule has 0 amide bonds. The Balaban J connectivity index is 2.27. The second-order valence-corrected chi connectivity index (χ2v) is 5.15. The van der Waals surface area contributed by atoms with E-state index in [9.17, 15) is 14.5 Å². The van der Waals surface area contributed by atoms with Gasteiger partial charge in [0, 0.05) is 24.2 Å². The van der Waals surface area contributed by atoms with E-state index >= 15 is 0 Å². The molecule has 0 heterocycles. The molecule has 0 unspecified atom stereocenters. The summed E-state index contributed by atoms with van der Waals surface area (Å²) >= 11 is 5.57. The minimum atomic E-state index is -0.681. The van der Waals surface area contributed by atoms with E-state index in [1.54, 1.807) is 0 Å². The van der Waals surface area contributed by atoms with Gasteiger partial charge in [0.25, 0.3) is 5.69 Å². The summed E-state index contributed by atoms with van der Waals surface area (Å²) < 4.78 is 13.4. The Morgan fingerprint density at radius 3 is 2.74 bits per heavy atom. The monoisotopic (exact) mass is 287 g/mol. The summed E-state index contributed by atoms with van der Waals surface area (Å²) in [6.45, 7) is 0. The van der Waals surface area contributed by atoms with Crippen LogP contribution in [-0.2, 0) is 0 Å². The lowest BCUT2D eigenvalue weighted by molar-refractivity contribution is -0.384. The number of halogens is 2. The van der Waals surface area contributed by atoms with Crippen molar-refractivity contribution < 1.29 is 9.31 Å². The molecule has 19 heavy (non-hydrogen) atoms.